The Morgan fingerprint density at radius 1 is 1.71 bits per heavy atom. The summed E-state index contributed by atoms with van der Waals surface area (Å²) < 4.78 is 0. The van der Waals surface area contributed by atoms with Crippen molar-refractivity contribution in [3.8, 4) is 6.07 Å². The molecule has 1 unspecified atom stereocenters. The molecule has 1 amide bonds. The van der Waals surface area contributed by atoms with Gasteiger partial charge in [0.05, 0.1) is 6.07 Å². The molecule has 2 N–H and O–H groups in total. The SMILES string of the molecule is CC(C#N)NC(=O)c1ccc(=O)[nH]n1. The van der Waals surface area contributed by atoms with Crippen LogP contribution in [-0.4, -0.2) is 22.1 Å². The Morgan fingerprint density at radius 3 is 2.93 bits per heavy atom. The molecular weight excluding hydrogens is 184 g/mol. The number of aromatic amines is 1. The Labute approximate surface area is 79.6 Å². The van der Waals surface area contributed by atoms with Crippen LogP contribution in [0.1, 0.15) is 17.4 Å². The van der Waals surface area contributed by atoms with Crippen LogP contribution in [-0.2, 0) is 0 Å². The van der Waals surface area contributed by atoms with E-state index in [-0.39, 0.29) is 11.3 Å². The smallest absolute Gasteiger partial charge is 0.272 e. The number of rotatable bonds is 2. The number of hydrogen-bond acceptors (Lipinski definition) is 4. The van der Waals surface area contributed by atoms with Crippen molar-refractivity contribution in [2.24, 2.45) is 0 Å². The number of H-pyrrole nitrogens is 1. The lowest BCUT2D eigenvalue weighted by Gasteiger charge is -2.04. The molecule has 0 bridgehead atoms. The molecule has 1 aromatic heterocycles. The van der Waals surface area contributed by atoms with E-state index in [1.165, 1.54) is 12.1 Å². The third-order valence-corrected chi connectivity index (χ3v) is 1.45. The summed E-state index contributed by atoms with van der Waals surface area (Å²) in [5, 5.41) is 16.4. The highest BCUT2D eigenvalue weighted by Gasteiger charge is 2.09. The lowest BCUT2D eigenvalue weighted by molar-refractivity contribution is 0.0941. The van der Waals surface area contributed by atoms with Gasteiger partial charge >= 0.3 is 0 Å². The molecule has 6 nitrogen and oxygen atoms in total. The minimum Gasteiger partial charge on any atom is -0.335 e. The highest BCUT2D eigenvalue weighted by atomic mass is 16.2. The Morgan fingerprint density at radius 2 is 2.43 bits per heavy atom. The monoisotopic (exact) mass is 192 g/mol. The summed E-state index contributed by atoms with van der Waals surface area (Å²) in [4.78, 5) is 21.9. The molecule has 0 radical (unpaired) electrons. The molecule has 72 valence electrons. The van der Waals surface area contributed by atoms with Crippen molar-refractivity contribution in [2.45, 2.75) is 13.0 Å². The van der Waals surface area contributed by atoms with Gasteiger partial charge in [0.15, 0.2) is 0 Å². The minimum atomic E-state index is -0.587. The first-order chi connectivity index (χ1) is 6.63. The lowest BCUT2D eigenvalue weighted by Crippen LogP contribution is -2.32. The van der Waals surface area contributed by atoms with Gasteiger partial charge in [-0.1, -0.05) is 0 Å². The number of aromatic nitrogens is 2. The van der Waals surface area contributed by atoms with E-state index in [4.69, 9.17) is 5.26 Å². The van der Waals surface area contributed by atoms with Crippen molar-refractivity contribution in [1.29, 1.82) is 5.26 Å². The van der Waals surface area contributed by atoms with E-state index in [0.29, 0.717) is 0 Å². The molecule has 0 aliphatic carbocycles. The molecule has 0 aliphatic rings. The third-order valence-electron chi connectivity index (χ3n) is 1.45. The Hall–Kier alpha value is -2.16. The van der Waals surface area contributed by atoms with Gasteiger partial charge in [0, 0.05) is 6.07 Å². The maximum Gasteiger partial charge on any atom is 0.272 e. The van der Waals surface area contributed by atoms with E-state index in [2.05, 4.69) is 15.5 Å². The summed E-state index contributed by atoms with van der Waals surface area (Å²) in [6.07, 6.45) is 0. The average molecular weight is 192 g/mol. The molecule has 1 aromatic rings. The number of nitrogens with one attached hydrogen (secondary N) is 2. The summed E-state index contributed by atoms with van der Waals surface area (Å²) in [5.74, 6) is -0.490. The van der Waals surface area contributed by atoms with Gasteiger partial charge in [-0.25, -0.2) is 5.10 Å². The summed E-state index contributed by atoms with van der Waals surface area (Å²) in [6.45, 7) is 1.55. The molecule has 0 aromatic carbocycles. The van der Waals surface area contributed by atoms with Crippen LogP contribution in [0.4, 0.5) is 0 Å². The van der Waals surface area contributed by atoms with Crippen LogP contribution in [0.3, 0.4) is 0 Å². The van der Waals surface area contributed by atoms with E-state index < -0.39 is 11.9 Å². The van der Waals surface area contributed by atoms with E-state index in [1.807, 2.05) is 6.07 Å². The molecule has 0 fully saturated rings. The fourth-order valence-corrected chi connectivity index (χ4v) is 0.774. The van der Waals surface area contributed by atoms with Gasteiger partial charge in [0.25, 0.3) is 11.5 Å². The molecule has 0 saturated heterocycles. The first-order valence-corrected chi connectivity index (χ1v) is 3.89. The molecule has 0 spiro atoms. The van der Waals surface area contributed by atoms with E-state index in [0.717, 1.165) is 0 Å². The second-order valence-electron chi connectivity index (χ2n) is 2.63. The zero-order valence-corrected chi connectivity index (χ0v) is 7.44. The standard InChI is InChI=1S/C8H8N4O2/c1-5(4-9)10-8(14)6-2-3-7(13)12-11-6/h2-3,5H,1H3,(H,10,14)(H,12,13). The van der Waals surface area contributed by atoms with Gasteiger partial charge in [0.2, 0.25) is 0 Å². The molecule has 0 aliphatic heterocycles. The van der Waals surface area contributed by atoms with Crippen molar-refractivity contribution in [3.05, 3.63) is 28.2 Å². The van der Waals surface area contributed by atoms with E-state index >= 15 is 0 Å². The van der Waals surface area contributed by atoms with Crippen molar-refractivity contribution < 1.29 is 4.79 Å². The van der Waals surface area contributed by atoms with Crippen LogP contribution in [0.15, 0.2) is 16.9 Å². The highest BCUT2D eigenvalue weighted by molar-refractivity contribution is 5.92. The summed E-state index contributed by atoms with van der Waals surface area (Å²) in [6, 6.07) is 3.74. The van der Waals surface area contributed by atoms with Crippen LogP contribution in [0.2, 0.25) is 0 Å². The largest absolute Gasteiger partial charge is 0.335 e. The van der Waals surface area contributed by atoms with Crippen molar-refractivity contribution in [1.82, 2.24) is 15.5 Å². The number of carbonyl (C=O) groups is 1. The molecule has 1 atom stereocenters. The van der Waals surface area contributed by atoms with Crippen LogP contribution in [0.5, 0.6) is 0 Å². The van der Waals surface area contributed by atoms with Crippen molar-refractivity contribution in [3.63, 3.8) is 0 Å². The number of carbonyl (C=O) groups excluding carboxylic acids is 1. The summed E-state index contributed by atoms with van der Waals surface area (Å²) in [7, 11) is 0. The average Bonchev–Trinajstić information content (AvgIpc) is 2.18. The molecule has 6 heteroatoms. The summed E-state index contributed by atoms with van der Waals surface area (Å²) in [5.41, 5.74) is -0.304. The fraction of sp³-hybridized carbons (Fsp3) is 0.250. The summed E-state index contributed by atoms with van der Waals surface area (Å²) >= 11 is 0. The Balaban J connectivity index is 2.76. The minimum absolute atomic E-state index is 0.0756. The predicted octanol–water partition coefficient (Wildman–Crippen LogP) is -0.588. The molecule has 14 heavy (non-hydrogen) atoms. The van der Waals surface area contributed by atoms with Crippen LogP contribution >= 0.6 is 0 Å². The number of amides is 1. The van der Waals surface area contributed by atoms with Gasteiger partial charge in [0.1, 0.15) is 11.7 Å². The van der Waals surface area contributed by atoms with Crippen LogP contribution in [0.25, 0.3) is 0 Å². The maximum atomic E-state index is 11.3. The third kappa shape index (κ3) is 2.42. The van der Waals surface area contributed by atoms with E-state index in [9.17, 15) is 9.59 Å². The first-order valence-electron chi connectivity index (χ1n) is 3.89. The number of hydrogen-bond donors (Lipinski definition) is 2. The van der Waals surface area contributed by atoms with Gasteiger partial charge in [-0.05, 0) is 13.0 Å². The molecule has 1 rings (SSSR count). The second kappa shape index (κ2) is 4.18. The molecule has 0 saturated carbocycles. The zero-order chi connectivity index (χ0) is 10.6. The predicted molar refractivity (Wildman–Crippen MR) is 47.4 cm³/mol. The second-order valence-corrected chi connectivity index (χ2v) is 2.63. The fourth-order valence-electron chi connectivity index (χ4n) is 0.774. The van der Waals surface area contributed by atoms with Gasteiger partial charge in [-0.3, -0.25) is 9.59 Å². The maximum absolute atomic E-state index is 11.3. The van der Waals surface area contributed by atoms with Gasteiger partial charge < -0.3 is 5.32 Å². The van der Waals surface area contributed by atoms with Gasteiger partial charge in [-0.15, -0.1) is 0 Å². The Kier molecular flexibility index (Phi) is 2.97. The normalized spacial score (nSPS) is 11.4. The molecular formula is C8H8N4O2. The van der Waals surface area contributed by atoms with Crippen LogP contribution in [0, 0.1) is 11.3 Å². The van der Waals surface area contributed by atoms with Crippen LogP contribution < -0.4 is 10.9 Å². The Bertz CT molecular complexity index is 411. The number of nitrogens with zero attached hydrogens (tertiary/aromatic N) is 2. The quantitative estimate of drug-likeness (QED) is 0.654. The van der Waals surface area contributed by atoms with E-state index in [1.54, 1.807) is 6.92 Å². The van der Waals surface area contributed by atoms with Crippen molar-refractivity contribution in [2.75, 3.05) is 0 Å². The van der Waals surface area contributed by atoms with Crippen molar-refractivity contribution >= 4 is 5.91 Å². The number of nitriles is 1. The molecule has 1 heterocycles. The lowest BCUT2D eigenvalue weighted by atomic mass is 10.3. The highest BCUT2D eigenvalue weighted by Crippen LogP contribution is 1.89. The zero-order valence-electron chi connectivity index (χ0n) is 7.44. The first kappa shape index (κ1) is 9.92. The topological polar surface area (TPSA) is 98.6 Å². The van der Waals surface area contributed by atoms with Gasteiger partial charge in [-0.2, -0.15) is 10.4 Å².